The zero-order valence-electron chi connectivity index (χ0n) is 12.4. The molecule has 116 valence electrons. The van der Waals surface area contributed by atoms with E-state index >= 15 is 0 Å². The van der Waals surface area contributed by atoms with Crippen LogP contribution in [-0.2, 0) is 9.59 Å². The van der Waals surface area contributed by atoms with Crippen LogP contribution in [0.25, 0.3) is 0 Å². The molecule has 0 aliphatic carbocycles. The van der Waals surface area contributed by atoms with Crippen LogP contribution < -0.4 is 10.6 Å². The number of nitrogens with one attached hydrogen (secondary N) is 2. The highest BCUT2D eigenvalue weighted by Gasteiger charge is 2.16. The predicted octanol–water partition coefficient (Wildman–Crippen LogP) is 1.79. The molecule has 0 aliphatic rings. The minimum absolute atomic E-state index is 0.107. The molecule has 1 aromatic carbocycles. The van der Waals surface area contributed by atoms with Gasteiger partial charge in [-0.3, -0.25) is 9.59 Å². The van der Waals surface area contributed by atoms with Gasteiger partial charge in [0, 0.05) is 10.6 Å². The van der Waals surface area contributed by atoms with Gasteiger partial charge in [0.05, 0.1) is 19.1 Å². The first kappa shape index (κ1) is 17.5. The van der Waals surface area contributed by atoms with Crippen molar-refractivity contribution in [3.05, 3.63) is 34.9 Å². The first-order valence-electron chi connectivity index (χ1n) is 6.68. The summed E-state index contributed by atoms with van der Waals surface area (Å²) in [6.45, 7) is 5.47. The maximum Gasteiger partial charge on any atom is 0.239 e. The molecule has 0 bridgehead atoms. The Morgan fingerprint density at radius 3 is 2.29 bits per heavy atom. The summed E-state index contributed by atoms with van der Waals surface area (Å²) in [5, 5.41) is 15.7. The molecule has 21 heavy (non-hydrogen) atoms. The molecule has 6 heteroatoms. The summed E-state index contributed by atoms with van der Waals surface area (Å²) in [6, 6.07) is 6.61. The summed E-state index contributed by atoms with van der Waals surface area (Å²) in [4.78, 5) is 23.2. The molecule has 1 atom stereocenters. The molecule has 0 aliphatic heterocycles. The number of hydrogen-bond acceptors (Lipinski definition) is 3. The average molecular weight is 313 g/mol. The molecule has 1 unspecified atom stereocenters. The molecule has 0 saturated carbocycles. The Hall–Kier alpha value is -1.59. The van der Waals surface area contributed by atoms with E-state index in [4.69, 9.17) is 11.6 Å². The fourth-order valence-electron chi connectivity index (χ4n) is 1.69. The van der Waals surface area contributed by atoms with Gasteiger partial charge in [0.25, 0.3) is 0 Å². The van der Waals surface area contributed by atoms with Gasteiger partial charge in [-0.15, -0.1) is 0 Å². The van der Waals surface area contributed by atoms with Crippen molar-refractivity contribution >= 4 is 23.4 Å². The monoisotopic (exact) mass is 312 g/mol. The fourth-order valence-corrected chi connectivity index (χ4v) is 1.82. The second kappa shape index (κ2) is 7.43. The van der Waals surface area contributed by atoms with Gasteiger partial charge in [0.2, 0.25) is 11.8 Å². The van der Waals surface area contributed by atoms with Crippen LogP contribution in [0.4, 0.5) is 0 Å². The summed E-state index contributed by atoms with van der Waals surface area (Å²) in [7, 11) is 0. The third-order valence-corrected chi connectivity index (χ3v) is 2.85. The van der Waals surface area contributed by atoms with Crippen molar-refractivity contribution in [3.8, 4) is 0 Å². The molecule has 0 aromatic heterocycles. The Labute approximate surface area is 129 Å². The number of carbonyl (C=O) groups is 2. The van der Waals surface area contributed by atoms with Gasteiger partial charge in [-0.2, -0.15) is 0 Å². The van der Waals surface area contributed by atoms with E-state index in [1.54, 1.807) is 24.3 Å². The maximum absolute atomic E-state index is 11.7. The highest BCUT2D eigenvalue weighted by atomic mass is 35.5. The van der Waals surface area contributed by atoms with E-state index in [-0.39, 0.29) is 30.3 Å². The molecule has 0 spiro atoms. The second-order valence-electron chi connectivity index (χ2n) is 5.85. The van der Waals surface area contributed by atoms with Crippen LogP contribution in [0.15, 0.2) is 24.3 Å². The largest absolute Gasteiger partial charge is 0.388 e. The number of aliphatic hydroxyl groups excluding tert-OH is 1. The van der Waals surface area contributed by atoms with Crippen LogP contribution in [0.1, 0.15) is 38.9 Å². The lowest BCUT2D eigenvalue weighted by Crippen LogP contribution is -2.45. The molecule has 0 saturated heterocycles. The molecule has 5 nitrogen and oxygen atoms in total. The second-order valence-corrected chi connectivity index (χ2v) is 6.28. The van der Waals surface area contributed by atoms with Gasteiger partial charge in [-0.1, -0.05) is 23.7 Å². The third-order valence-electron chi connectivity index (χ3n) is 2.59. The SMILES string of the molecule is CC(C)(C)NC(=O)CNC(=O)CC(O)c1ccc(Cl)cc1. The Balaban J connectivity index is 2.40. The van der Waals surface area contributed by atoms with E-state index in [0.717, 1.165) is 0 Å². The van der Waals surface area contributed by atoms with E-state index in [0.29, 0.717) is 10.6 Å². The third kappa shape index (κ3) is 7.11. The number of aliphatic hydroxyl groups is 1. The fraction of sp³-hybridized carbons (Fsp3) is 0.467. The molecule has 1 aromatic rings. The number of hydrogen-bond donors (Lipinski definition) is 3. The Bertz CT molecular complexity index is 495. The highest BCUT2D eigenvalue weighted by molar-refractivity contribution is 6.30. The zero-order chi connectivity index (χ0) is 16.0. The molecule has 3 N–H and O–H groups in total. The molecule has 1 rings (SSSR count). The average Bonchev–Trinajstić information content (AvgIpc) is 2.35. The zero-order valence-corrected chi connectivity index (χ0v) is 13.2. The summed E-state index contributed by atoms with van der Waals surface area (Å²) >= 11 is 5.75. The number of amides is 2. The van der Waals surface area contributed by atoms with E-state index in [9.17, 15) is 14.7 Å². The summed E-state index contributed by atoms with van der Waals surface area (Å²) in [5.74, 6) is -0.654. The van der Waals surface area contributed by atoms with Crippen LogP contribution in [0.3, 0.4) is 0 Å². The van der Waals surface area contributed by atoms with Crippen LogP contribution >= 0.6 is 11.6 Å². The van der Waals surface area contributed by atoms with E-state index < -0.39 is 6.10 Å². The van der Waals surface area contributed by atoms with Gasteiger partial charge in [-0.25, -0.2) is 0 Å². The Morgan fingerprint density at radius 1 is 1.19 bits per heavy atom. The van der Waals surface area contributed by atoms with E-state index in [1.807, 2.05) is 20.8 Å². The summed E-state index contributed by atoms with van der Waals surface area (Å²) < 4.78 is 0. The maximum atomic E-state index is 11.7. The van der Waals surface area contributed by atoms with Crippen molar-refractivity contribution in [2.75, 3.05) is 6.54 Å². The van der Waals surface area contributed by atoms with Crippen molar-refractivity contribution in [2.24, 2.45) is 0 Å². The molecule has 0 fully saturated rings. The van der Waals surface area contributed by atoms with Gasteiger partial charge in [-0.05, 0) is 38.5 Å². The lowest BCUT2D eigenvalue weighted by molar-refractivity contribution is -0.128. The number of halogens is 1. The lowest BCUT2D eigenvalue weighted by Gasteiger charge is -2.20. The molecule has 0 radical (unpaired) electrons. The summed E-state index contributed by atoms with van der Waals surface area (Å²) in [6.07, 6.45) is -1.03. The molecular formula is C15H21ClN2O3. The van der Waals surface area contributed by atoms with Crippen molar-refractivity contribution in [2.45, 2.75) is 38.8 Å². The smallest absolute Gasteiger partial charge is 0.239 e. The first-order chi connectivity index (χ1) is 9.67. The molecule has 0 heterocycles. The normalized spacial score (nSPS) is 12.6. The topological polar surface area (TPSA) is 78.4 Å². The van der Waals surface area contributed by atoms with Crippen LogP contribution in [0.5, 0.6) is 0 Å². The molecular weight excluding hydrogens is 292 g/mol. The Morgan fingerprint density at radius 2 is 1.76 bits per heavy atom. The van der Waals surface area contributed by atoms with Crippen LogP contribution in [0, 0.1) is 0 Å². The quantitative estimate of drug-likeness (QED) is 0.775. The van der Waals surface area contributed by atoms with Crippen molar-refractivity contribution in [1.82, 2.24) is 10.6 Å². The Kier molecular flexibility index (Phi) is 6.18. The molecule has 2 amide bonds. The summed E-state index contributed by atoms with van der Waals surface area (Å²) in [5.41, 5.74) is 0.263. The number of carbonyl (C=O) groups excluding carboxylic acids is 2. The minimum atomic E-state index is -0.923. The van der Waals surface area contributed by atoms with Crippen molar-refractivity contribution in [3.63, 3.8) is 0 Å². The van der Waals surface area contributed by atoms with Gasteiger partial charge < -0.3 is 15.7 Å². The minimum Gasteiger partial charge on any atom is -0.388 e. The van der Waals surface area contributed by atoms with Crippen LogP contribution in [0.2, 0.25) is 5.02 Å². The lowest BCUT2D eigenvalue weighted by atomic mass is 10.1. The first-order valence-corrected chi connectivity index (χ1v) is 7.06. The van der Waals surface area contributed by atoms with Crippen molar-refractivity contribution < 1.29 is 14.7 Å². The number of rotatable bonds is 5. The van der Waals surface area contributed by atoms with Gasteiger partial charge in [0.15, 0.2) is 0 Å². The van der Waals surface area contributed by atoms with E-state index in [1.165, 1.54) is 0 Å². The van der Waals surface area contributed by atoms with Gasteiger partial charge >= 0.3 is 0 Å². The highest BCUT2D eigenvalue weighted by Crippen LogP contribution is 2.18. The predicted molar refractivity (Wildman–Crippen MR) is 81.9 cm³/mol. The van der Waals surface area contributed by atoms with E-state index in [2.05, 4.69) is 10.6 Å². The van der Waals surface area contributed by atoms with Crippen molar-refractivity contribution in [1.29, 1.82) is 0 Å². The number of benzene rings is 1. The van der Waals surface area contributed by atoms with Gasteiger partial charge in [0.1, 0.15) is 0 Å². The van der Waals surface area contributed by atoms with Crippen LogP contribution in [-0.4, -0.2) is 29.0 Å². The standard InChI is InChI=1S/C15H21ClN2O3/c1-15(2,3)18-14(21)9-17-13(20)8-12(19)10-4-6-11(16)7-5-10/h4-7,12,19H,8-9H2,1-3H3,(H,17,20)(H,18,21).